The monoisotopic (exact) mass is 251 g/mol. The summed E-state index contributed by atoms with van der Waals surface area (Å²) in [6, 6.07) is 10.4. The van der Waals surface area contributed by atoms with Gasteiger partial charge >= 0.3 is 0 Å². The molecule has 0 aliphatic rings. The van der Waals surface area contributed by atoms with E-state index in [0.29, 0.717) is 19.3 Å². The van der Waals surface area contributed by atoms with E-state index in [0.717, 1.165) is 26.1 Å². The lowest BCUT2D eigenvalue weighted by Gasteiger charge is -2.08. The zero-order valence-electron chi connectivity index (χ0n) is 11.5. The molecule has 0 atom stereocenters. The van der Waals surface area contributed by atoms with Gasteiger partial charge in [0.2, 0.25) is 0 Å². The fourth-order valence-electron chi connectivity index (χ4n) is 1.57. The molecule has 0 heterocycles. The SMILES string of the molecule is CC(C)OCCOCCCNCc1ccccc1. The topological polar surface area (TPSA) is 30.5 Å². The minimum Gasteiger partial charge on any atom is -0.379 e. The van der Waals surface area contributed by atoms with Crippen LogP contribution in [0.5, 0.6) is 0 Å². The Morgan fingerprint density at radius 2 is 1.83 bits per heavy atom. The van der Waals surface area contributed by atoms with Crippen molar-refractivity contribution in [1.29, 1.82) is 0 Å². The first-order valence-electron chi connectivity index (χ1n) is 6.73. The highest BCUT2D eigenvalue weighted by molar-refractivity contribution is 5.14. The Morgan fingerprint density at radius 1 is 1.06 bits per heavy atom. The maximum absolute atomic E-state index is 5.47. The van der Waals surface area contributed by atoms with Gasteiger partial charge in [0.15, 0.2) is 0 Å². The summed E-state index contributed by atoms with van der Waals surface area (Å²) in [5, 5.41) is 3.40. The Hall–Kier alpha value is -0.900. The predicted octanol–water partition coefficient (Wildman–Crippen LogP) is 2.61. The van der Waals surface area contributed by atoms with Crippen molar-refractivity contribution < 1.29 is 9.47 Å². The molecule has 0 spiro atoms. The van der Waals surface area contributed by atoms with Crippen molar-refractivity contribution in [2.24, 2.45) is 0 Å². The van der Waals surface area contributed by atoms with E-state index >= 15 is 0 Å². The molecule has 0 bridgehead atoms. The van der Waals surface area contributed by atoms with E-state index in [-0.39, 0.29) is 0 Å². The van der Waals surface area contributed by atoms with Crippen molar-refractivity contribution in [3.63, 3.8) is 0 Å². The molecular formula is C15H25NO2. The lowest BCUT2D eigenvalue weighted by atomic mass is 10.2. The van der Waals surface area contributed by atoms with Crippen LogP contribution >= 0.6 is 0 Å². The van der Waals surface area contributed by atoms with E-state index in [1.54, 1.807) is 0 Å². The van der Waals surface area contributed by atoms with Gasteiger partial charge in [0.05, 0.1) is 19.3 Å². The molecule has 0 unspecified atom stereocenters. The smallest absolute Gasteiger partial charge is 0.0703 e. The zero-order chi connectivity index (χ0) is 13.1. The first kappa shape index (κ1) is 15.2. The van der Waals surface area contributed by atoms with Crippen LogP contribution in [-0.2, 0) is 16.0 Å². The number of nitrogens with one attached hydrogen (secondary N) is 1. The minimum absolute atomic E-state index is 0.293. The van der Waals surface area contributed by atoms with E-state index < -0.39 is 0 Å². The summed E-state index contributed by atoms with van der Waals surface area (Å²) >= 11 is 0. The Morgan fingerprint density at radius 3 is 2.56 bits per heavy atom. The predicted molar refractivity (Wildman–Crippen MR) is 74.7 cm³/mol. The first-order chi connectivity index (χ1) is 8.79. The largest absolute Gasteiger partial charge is 0.379 e. The van der Waals surface area contributed by atoms with Crippen LogP contribution in [0.4, 0.5) is 0 Å². The molecule has 0 aliphatic carbocycles. The van der Waals surface area contributed by atoms with Gasteiger partial charge in [-0.05, 0) is 32.4 Å². The van der Waals surface area contributed by atoms with Crippen LogP contribution in [0.2, 0.25) is 0 Å². The lowest BCUT2D eigenvalue weighted by Crippen LogP contribution is -2.17. The summed E-state index contributed by atoms with van der Waals surface area (Å²) in [5.41, 5.74) is 1.32. The third-order valence-electron chi connectivity index (χ3n) is 2.49. The standard InChI is InChI=1S/C15H25NO2/c1-14(2)18-12-11-17-10-6-9-16-13-15-7-4-3-5-8-15/h3-5,7-8,14,16H,6,9-13H2,1-2H3. The summed E-state index contributed by atoms with van der Waals surface area (Å²) in [6.07, 6.45) is 1.33. The molecule has 0 fully saturated rings. The Balaban J connectivity index is 1.84. The van der Waals surface area contributed by atoms with Gasteiger partial charge in [-0.1, -0.05) is 30.3 Å². The van der Waals surface area contributed by atoms with E-state index in [4.69, 9.17) is 9.47 Å². The molecule has 0 amide bonds. The van der Waals surface area contributed by atoms with Crippen molar-refractivity contribution in [2.75, 3.05) is 26.4 Å². The van der Waals surface area contributed by atoms with Gasteiger partial charge in [0.25, 0.3) is 0 Å². The molecule has 1 aromatic rings. The Kier molecular flexibility index (Phi) is 8.47. The third kappa shape index (κ3) is 8.23. The van der Waals surface area contributed by atoms with Gasteiger partial charge in [-0.25, -0.2) is 0 Å². The number of rotatable bonds is 10. The van der Waals surface area contributed by atoms with Gasteiger partial charge < -0.3 is 14.8 Å². The highest BCUT2D eigenvalue weighted by Gasteiger charge is 1.94. The molecule has 1 N–H and O–H groups in total. The van der Waals surface area contributed by atoms with Crippen LogP contribution in [-0.4, -0.2) is 32.5 Å². The molecule has 0 radical (unpaired) electrons. The number of ether oxygens (including phenoxy) is 2. The van der Waals surface area contributed by atoms with Crippen LogP contribution in [0.1, 0.15) is 25.8 Å². The molecule has 0 saturated carbocycles. The van der Waals surface area contributed by atoms with Crippen molar-refractivity contribution in [2.45, 2.75) is 32.9 Å². The average Bonchev–Trinajstić information content (AvgIpc) is 2.37. The van der Waals surface area contributed by atoms with Gasteiger partial charge in [-0.15, -0.1) is 0 Å². The van der Waals surface area contributed by atoms with Crippen LogP contribution in [0.25, 0.3) is 0 Å². The summed E-state index contributed by atoms with van der Waals surface area (Å²) in [4.78, 5) is 0. The molecule has 3 nitrogen and oxygen atoms in total. The lowest BCUT2D eigenvalue weighted by molar-refractivity contribution is 0.0191. The van der Waals surface area contributed by atoms with E-state index in [9.17, 15) is 0 Å². The van der Waals surface area contributed by atoms with E-state index in [1.165, 1.54) is 5.56 Å². The second kappa shape index (κ2) is 10.1. The molecular weight excluding hydrogens is 226 g/mol. The molecule has 0 saturated heterocycles. The summed E-state index contributed by atoms with van der Waals surface area (Å²) in [7, 11) is 0. The molecule has 3 heteroatoms. The maximum atomic E-state index is 5.47. The number of hydrogen-bond acceptors (Lipinski definition) is 3. The molecule has 1 aromatic carbocycles. The number of benzene rings is 1. The van der Waals surface area contributed by atoms with Crippen molar-refractivity contribution in [3.8, 4) is 0 Å². The summed E-state index contributed by atoms with van der Waals surface area (Å²) in [6.45, 7) is 8.16. The molecule has 0 aliphatic heterocycles. The Bertz CT molecular complexity index is 288. The summed E-state index contributed by atoms with van der Waals surface area (Å²) < 4.78 is 10.9. The van der Waals surface area contributed by atoms with Crippen LogP contribution in [0, 0.1) is 0 Å². The van der Waals surface area contributed by atoms with Crippen molar-refractivity contribution >= 4 is 0 Å². The van der Waals surface area contributed by atoms with Gasteiger partial charge in [0.1, 0.15) is 0 Å². The quantitative estimate of drug-likeness (QED) is 0.648. The fourth-order valence-corrected chi connectivity index (χ4v) is 1.57. The third-order valence-corrected chi connectivity index (χ3v) is 2.49. The highest BCUT2D eigenvalue weighted by Crippen LogP contribution is 1.97. The fraction of sp³-hybridized carbons (Fsp3) is 0.600. The first-order valence-corrected chi connectivity index (χ1v) is 6.73. The normalized spacial score (nSPS) is 11.1. The van der Waals surface area contributed by atoms with Crippen LogP contribution < -0.4 is 5.32 Å². The highest BCUT2D eigenvalue weighted by atomic mass is 16.5. The zero-order valence-corrected chi connectivity index (χ0v) is 11.5. The molecule has 102 valence electrons. The molecule has 0 aromatic heterocycles. The second-order valence-electron chi connectivity index (χ2n) is 4.55. The van der Waals surface area contributed by atoms with E-state index in [1.807, 2.05) is 19.9 Å². The molecule has 18 heavy (non-hydrogen) atoms. The van der Waals surface area contributed by atoms with Crippen LogP contribution in [0.3, 0.4) is 0 Å². The van der Waals surface area contributed by atoms with Gasteiger partial charge in [0, 0.05) is 13.2 Å². The van der Waals surface area contributed by atoms with Crippen molar-refractivity contribution in [3.05, 3.63) is 35.9 Å². The average molecular weight is 251 g/mol. The van der Waals surface area contributed by atoms with Crippen LogP contribution in [0.15, 0.2) is 30.3 Å². The molecule has 1 rings (SSSR count). The second-order valence-corrected chi connectivity index (χ2v) is 4.55. The van der Waals surface area contributed by atoms with Gasteiger partial charge in [-0.2, -0.15) is 0 Å². The van der Waals surface area contributed by atoms with E-state index in [2.05, 4.69) is 29.6 Å². The Labute approximate surface area is 110 Å². The summed E-state index contributed by atoms with van der Waals surface area (Å²) in [5.74, 6) is 0. The van der Waals surface area contributed by atoms with Gasteiger partial charge in [-0.3, -0.25) is 0 Å². The maximum Gasteiger partial charge on any atom is 0.0703 e. The van der Waals surface area contributed by atoms with Crippen molar-refractivity contribution in [1.82, 2.24) is 5.32 Å². The minimum atomic E-state index is 0.293. The number of hydrogen-bond donors (Lipinski definition) is 1.